The van der Waals surface area contributed by atoms with E-state index in [2.05, 4.69) is 0 Å². The molecular formula is C16H25NO4Si. The number of carbonyl (C=O) groups excluding carboxylic acids is 2. The summed E-state index contributed by atoms with van der Waals surface area (Å²) in [6.07, 6.45) is 0. The minimum Gasteiger partial charge on any atom is -0.395 e. The smallest absolute Gasteiger partial charge is 0.267 e. The maximum atomic E-state index is 13.0. The zero-order valence-corrected chi connectivity index (χ0v) is 15.2. The molecule has 0 aliphatic heterocycles. The van der Waals surface area contributed by atoms with E-state index in [4.69, 9.17) is 9.16 Å². The van der Waals surface area contributed by atoms with E-state index in [-0.39, 0.29) is 12.5 Å². The Kier molecular flexibility index (Phi) is 6.05. The molecule has 1 aromatic rings. The number of hydrogen-bond donors (Lipinski definition) is 0. The van der Waals surface area contributed by atoms with Gasteiger partial charge in [-0.1, -0.05) is 30.3 Å². The standard InChI is InChI=1S/C16H25NO4Si/c1-13(18)16(21-22(4,5)6,14-10-8-7-9-11-14)15(19)17(2)12-20-3/h7-11H,12H2,1-6H3. The number of methoxy groups -OCH3 is 1. The molecule has 6 heteroatoms. The lowest BCUT2D eigenvalue weighted by Crippen LogP contribution is -2.56. The maximum Gasteiger partial charge on any atom is 0.267 e. The third-order valence-corrected chi connectivity index (χ3v) is 4.02. The molecule has 0 bridgehead atoms. The molecule has 122 valence electrons. The molecule has 0 aliphatic carbocycles. The number of ether oxygens (including phenoxy) is 1. The van der Waals surface area contributed by atoms with E-state index in [1.807, 2.05) is 25.7 Å². The van der Waals surface area contributed by atoms with E-state index in [9.17, 15) is 9.59 Å². The highest BCUT2D eigenvalue weighted by atomic mass is 28.4. The van der Waals surface area contributed by atoms with Gasteiger partial charge in [-0.05, 0) is 32.1 Å². The first kappa shape index (κ1) is 18.5. The average Bonchev–Trinajstić information content (AvgIpc) is 2.44. The van der Waals surface area contributed by atoms with Crippen molar-refractivity contribution in [3.8, 4) is 0 Å². The molecule has 0 saturated carbocycles. The van der Waals surface area contributed by atoms with Crippen LogP contribution in [-0.4, -0.2) is 45.8 Å². The third-order valence-electron chi connectivity index (χ3n) is 3.11. The summed E-state index contributed by atoms with van der Waals surface area (Å²) >= 11 is 0. The van der Waals surface area contributed by atoms with Crippen LogP contribution in [0.4, 0.5) is 0 Å². The van der Waals surface area contributed by atoms with Gasteiger partial charge in [-0.3, -0.25) is 9.59 Å². The van der Waals surface area contributed by atoms with Gasteiger partial charge >= 0.3 is 0 Å². The van der Waals surface area contributed by atoms with Crippen molar-refractivity contribution in [3.05, 3.63) is 35.9 Å². The van der Waals surface area contributed by atoms with Crippen molar-refractivity contribution in [2.45, 2.75) is 32.2 Å². The van der Waals surface area contributed by atoms with Gasteiger partial charge in [0.1, 0.15) is 6.73 Å². The quantitative estimate of drug-likeness (QED) is 0.439. The summed E-state index contributed by atoms with van der Waals surface area (Å²) in [6, 6.07) is 8.93. The van der Waals surface area contributed by atoms with Crippen LogP contribution in [0.15, 0.2) is 30.3 Å². The SMILES string of the molecule is COCN(C)C(=O)C(O[Si](C)(C)C)(C(C)=O)c1ccccc1. The summed E-state index contributed by atoms with van der Waals surface area (Å²) in [5.41, 5.74) is -1.06. The van der Waals surface area contributed by atoms with Gasteiger partial charge in [0, 0.05) is 14.2 Å². The van der Waals surface area contributed by atoms with Crippen molar-refractivity contribution in [2.75, 3.05) is 20.9 Å². The van der Waals surface area contributed by atoms with Crippen molar-refractivity contribution in [1.82, 2.24) is 4.90 Å². The Bertz CT molecular complexity index is 527. The molecule has 0 N–H and O–H groups in total. The Morgan fingerprint density at radius 1 is 1.18 bits per heavy atom. The van der Waals surface area contributed by atoms with Crippen LogP contribution in [0.5, 0.6) is 0 Å². The summed E-state index contributed by atoms with van der Waals surface area (Å²) in [5, 5.41) is 0. The van der Waals surface area contributed by atoms with Gasteiger partial charge in [-0.2, -0.15) is 0 Å². The van der Waals surface area contributed by atoms with Gasteiger partial charge in [0.2, 0.25) is 5.60 Å². The largest absolute Gasteiger partial charge is 0.395 e. The second-order valence-electron chi connectivity index (χ2n) is 6.24. The summed E-state index contributed by atoms with van der Waals surface area (Å²) < 4.78 is 11.2. The molecule has 0 fully saturated rings. The van der Waals surface area contributed by atoms with Crippen molar-refractivity contribution in [3.63, 3.8) is 0 Å². The minimum absolute atomic E-state index is 0.0930. The lowest BCUT2D eigenvalue weighted by Gasteiger charge is -2.38. The Morgan fingerprint density at radius 2 is 1.73 bits per heavy atom. The fraction of sp³-hybridized carbons (Fsp3) is 0.500. The molecule has 1 amide bonds. The number of ketones is 1. The fourth-order valence-electron chi connectivity index (χ4n) is 2.30. The lowest BCUT2D eigenvalue weighted by molar-refractivity contribution is -0.160. The molecule has 1 atom stereocenters. The fourth-order valence-corrected chi connectivity index (χ4v) is 3.57. The van der Waals surface area contributed by atoms with E-state index in [0.29, 0.717) is 5.56 Å². The van der Waals surface area contributed by atoms with Crippen molar-refractivity contribution in [2.24, 2.45) is 0 Å². The highest BCUT2D eigenvalue weighted by molar-refractivity contribution is 6.70. The number of likely N-dealkylation sites (N-methyl/N-ethyl adjacent to an activating group) is 1. The highest BCUT2D eigenvalue weighted by Crippen LogP contribution is 2.32. The van der Waals surface area contributed by atoms with E-state index in [0.717, 1.165) is 0 Å². The van der Waals surface area contributed by atoms with Crippen molar-refractivity contribution < 1.29 is 18.8 Å². The first-order valence-corrected chi connectivity index (χ1v) is 10.6. The molecule has 0 heterocycles. The van der Waals surface area contributed by atoms with E-state index < -0.39 is 19.8 Å². The Balaban J connectivity index is 3.47. The molecule has 5 nitrogen and oxygen atoms in total. The van der Waals surface area contributed by atoms with E-state index >= 15 is 0 Å². The average molecular weight is 323 g/mol. The van der Waals surface area contributed by atoms with Crippen molar-refractivity contribution in [1.29, 1.82) is 0 Å². The third kappa shape index (κ3) is 4.03. The first-order chi connectivity index (χ1) is 10.1. The zero-order chi connectivity index (χ0) is 17.0. The van der Waals surface area contributed by atoms with Gasteiger partial charge in [-0.25, -0.2) is 0 Å². The van der Waals surface area contributed by atoms with Crippen LogP contribution in [0.3, 0.4) is 0 Å². The number of rotatable bonds is 7. The Hall–Kier alpha value is -1.50. The van der Waals surface area contributed by atoms with Crippen LogP contribution in [0, 0.1) is 0 Å². The molecule has 0 spiro atoms. The zero-order valence-electron chi connectivity index (χ0n) is 14.2. The molecular weight excluding hydrogens is 298 g/mol. The van der Waals surface area contributed by atoms with E-state index in [1.54, 1.807) is 31.3 Å². The molecule has 0 aromatic heterocycles. The van der Waals surface area contributed by atoms with Crippen LogP contribution in [-0.2, 0) is 24.4 Å². The summed E-state index contributed by atoms with van der Waals surface area (Å²) in [6.45, 7) is 7.35. The van der Waals surface area contributed by atoms with Gasteiger partial charge in [0.15, 0.2) is 14.1 Å². The number of benzene rings is 1. The number of amides is 1. The first-order valence-electron chi connectivity index (χ1n) is 7.16. The molecule has 1 aromatic carbocycles. The minimum atomic E-state index is -2.18. The topological polar surface area (TPSA) is 55.8 Å². The molecule has 22 heavy (non-hydrogen) atoms. The van der Waals surface area contributed by atoms with Gasteiger partial charge in [-0.15, -0.1) is 0 Å². The maximum absolute atomic E-state index is 13.0. The molecule has 1 unspecified atom stereocenters. The summed E-state index contributed by atoms with van der Waals surface area (Å²) in [4.78, 5) is 26.9. The monoisotopic (exact) mass is 323 g/mol. The number of carbonyl (C=O) groups is 2. The van der Waals surface area contributed by atoms with E-state index in [1.165, 1.54) is 18.9 Å². The number of nitrogens with zero attached hydrogens (tertiary/aromatic N) is 1. The Morgan fingerprint density at radius 3 is 2.14 bits per heavy atom. The predicted octanol–water partition coefficient (Wildman–Crippen LogP) is 2.38. The van der Waals surface area contributed by atoms with Crippen LogP contribution in [0.1, 0.15) is 12.5 Å². The van der Waals surface area contributed by atoms with Crippen LogP contribution in [0.2, 0.25) is 19.6 Å². The van der Waals surface area contributed by atoms with Gasteiger partial charge < -0.3 is 14.1 Å². The second-order valence-corrected chi connectivity index (χ2v) is 10.7. The molecule has 0 saturated heterocycles. The van der Waals surface area contributed by atoms with Crippen molar-refractivity contribution >= 4 is 20.0 Å². The summed E-state index contributed by atoms with van der Waals surface area (Å²) in [5.74, 6) is -0.732. The van der Waals surface area contributed by atoms with Crippen LogP contribution >= 0.6 is 0 Å². The Labute approximate surface area is 133 Å². The van der Waals surface area contributed by atoms with Crippen LogP contribution in [0.25, 0.3) is 0 Å². The number of hydrogen-bond acceptors (Lipinski definition) is 4. The lowest BCUT2D eigenvalue weighted by atomic mass is 9.88. The van der Waals surface area contributed by atoms with Gasteiger partial charge in [0.25, 0.3) is 5.91 Å². The highest BCUT2D eigenvalue weighted by Gasteiger charge is 2.50. The normalized spacial score (nSPS) is 14.3. The van der Waals surface area contributed by atoms with Crippen LogP contribution < -0.4 is 0 Å². The molecule has 0 radical (unpaired) electrons. The predicted molar refractivity (Wildman–Crippen MR) is 87.9 cm³/mol. The summed E-state index contributed by atoms with van der Waals surface area (Å²) in [7, 11) is 0.919. The molecule has 1 rings (SSSR count). The van der Waals surface area contributed by atoms with Gasteiger partial charge in [0.05, 0.1) is 0 Å². The second kappa shape index (κ2) is 7.17. The number of Topliss-reactive ketones (excluding diaryl/α,β-unsaturated/α-hetero) is 1. The molecule has 0 aliphatic rings.